The summed E-state index contributed by atoms with van der Waals surface area (Å²) in [6, 6.07) is 3.96. The smallest absolute Gasteiger partial charge is 0.159 e. The zero-order chi connectivity index (χ0) is 14.9. The van der Waals surface area contributed by atoms with Crippen LogP contribution in [0.5, 0.6) is 0 Å². The topological polar surface area (TPSA) is 55.9 Å². The van der Waals surface area contributed by atoms with Crippen molar-refractivity contribution < 1.29 is 8.78 Å². The predicted octanol–water partition coefficient (Wildman–Crippen LogP) is 3.24. The monoisotopic (exact) mass is 280 g/mol. The Bertz CT molecular complexity index is 620. The molecule has 1 aromatic heterocycles. The van der Waals surface area contributed by atoms with Crippen molar-refractivity contribution in [3.63, 3.8) is 0 Å². The second-order valence-electron chi connectivity index (χ2n) is 4.99. The third-order valence-corrected chi connectivity index (χ3v) is 3.06. The second kappa shape index (κ2) is 5.48. The van der Waals surface area contributed by atoms with Gasteiger partial charge in [0.15, 0.2) is 11.6 Å². The summed E-state index contributed by atoms with van der Waals surface area (Å²) in [5.41, 5.74) is 7.93. The summed E-state index contributed by atoms with van der Waals surface area (Å²) in [7, 11) is 0. The SMILES string of the molecule is Cc1nn(C(C)C)c(NCc2ccc(F)c(F)c2)c1N. The van der Waals surface area contributed by atoms with E-state index in [1.807, 2.05) is 20.8 Å². The Kier molecular flexibility index (Phi) is 3.92. The molecule has 2 rings (SSSR count). The minimum Gasteiger partial charge on any atom is -0.394 e. The Morgan fingerprint density at radius 2 is 2.00 bits per heavy atom. The molecular formula is C14H18F2N4. The van der Waals surface area contributed by atoms with E-state index < -0.39 is 11.6 Å². The molecule has 6 heteroatoms. The first-order chi connectivity index (χ1) is 9.40. The van der Waals surface area contributed by atoms with Crippen LogP contribution in [0, 0.1) is 18.6 Å². The Hall–Kier alpha value is -2.11. The lowest BCUT2D eigenvalue weighted by Gasteiger charge is -2.13. The van der Waals surface area contributed by atoms with E-state index in [2.05, 4.69) is 10.4 Å². The zero-order valence-electron chi connectivity index (χ0n) is 11.7. The van der Waals surface area contributed by atoms with E-state index in [1.54, 1.807) is 4.68 Å². The summed E-state index contributed by atoms with van der Waals surface area (Å²) < 4.78 is 27.8. The quantitative estimate of drug-likeness (QED) is 0.904. The highest BCUT2D eigenvalue weighted by Crippen LogP contribution is 2.26. The van der Waals surface area contributed by atoms with Crippen LogP contribution in [0.2, 0.25) is 0 Å². The Labute approximate surface area is 116 Å². The van der Waals surface area contributed by atoms with E-state index in [4.69, 9.17) is 5.73 Å². The van der Waals surface area contributed by atoms with Gasteiger partial charge in [-0.05, 0) is 38.5 Å². The minimum atomic E-state index is -0.856. The molecule has 0 saturated heterocycles. The largest absolute Gasteiger partial charge is 0.394 e. The standard InChI is InChI=1S/C14H18F2N4/c1-8(2)20-14(13(17)9(3)19-20)18-7-10-4-5-11(15)12(16)6-10/h4-6,8,18H,7,17H2,1-3H3. The molecule has 2 aromatic rings. The fraction of sp³-hybridized carbons (Fsp3) is 0.357. The molecule has 0 bridgehead atoms. The van der Waals surface area contributed by atoms with Crippen LogP contribution in [0.4, 0.5) is 20.3 Å². The van der Waals surface area contributed by atoms with Gasteiger partial charge < -0.3 is 11.1 Å². The van der Waals surface area contributed by atoms with Crippen molar-refractivity contribution in [2.24, 2.45) is 0 Å². The van der Waals surface area contributed by atoms with Gasteiger partial charge in [0.05, 0.1) is 11.4 Å². The molecule has 0 atom stereocenters. The molecule has 0 fully saturated rings. The summed E-state index contributed by atoms with van der Waals surface area (Å²) in [6.07, 6.45) is 0. The van der Waals surface area contributed by atoms with E-state index >= 15 is 0 Å². The number of nitrogens with zero attached hydrogens (tertiary/aromatic N) is 2. The van der Waals surface area contributed by atoms with E-state index in [0.29, 0.717) is 23.6 Å². The van der Waals surface area contributed by atoms with E-state index in [0.717, 1.165) is 11.8 Å². The maximum Gasteiger partial charge on any atom is 0.159 e. The number of anilines is 2. The molecule has 108 valence electrons. The van der Waals surface area contributed by atoms with Gasteiger partial charge in [-0.15, -0.1) is 0 Å². The molecule has 1 heterocycles. The van der Waals surface area contributed by atoms with Crippen LogP contribution in [0.15, 0.2) is 18.2 Å². The van der Waals surface area contributed by atoms with Crippen molar-refractivity contribution in [1.29, 1.82) is 0 Å². The first kappa shape index (κ1) is 14.3. The van der Waals surface area contributed by atoms with Gasteiger partial charge in [0, 0.05) is 12.6 Å². The van der Waals surface area contributed by atoms with Crippen LogP contribution in [-0.2, 0) is 6.54 Å². The van der Waals surface area contributed by atoms with Gasteiger partial charge in [0.2, 0.25) is 0 Å². The maximum atomic E-state index is 13.2. The molecule has 4 nitrogen and oxygen atoms in total. The predicted molar refractivity (Wildman–Crippen MR) is 75.4 cm³/mol. The number of nitrogen functional groups attached to an aromatic ring is 1. The maximum absolute atomic E-state index is 13.2. The average Bonchev–Trinajstić information content (AvgIpc) is 2.68. The molecule has 0 spiro atoms. The number of rotatable bonds is 4. The molecule has 0 aliphatic heterocycles. The first-order valence-corrected chi connectivity index (χ1v) is 6.42. The van der Waals surface area contributed by atoms with Crippen LogP contribution in [-0.4, -0.2) is 9.78 Å². The van der Waals surface area contributed by atoms with Gasteiger partial charge in [0.1, 0.15) is 5.82 Å². The van der Waals surface area contributed by atoms with Crippen LogP contribution in [0.25, 0.3) is 0 Å². The Balaban J connectivity index is 2.20. The lowest BCUT2D eigenvalue weighted by atomic mass is 10.2. The van der Waals surface area contributed by atoms with E-state index in [9.17, 15) is 8.78 Å². The molecule has 3 N–H and O–H groups in total. The van der Waals surface area contributed by atoms with E-state index in [-0.39, 0.29) is 6.04 Å². The zero-order valence-corrected chi connectivity index (χ0v) is 11.7. The normalized spacial score (nSPS) is 11.1. The molecule has 20 heavy (non-hydrogen) atoms. The number of hydrogen-bond acceptors (Lipinski definition) is 3. The van der Waals surface area contributed by atoms with Crippen molar-refractivity contribution in [2.45, 2.75) is 33.4 Å². The molecule has 0 saturated carbocycles. The van der Waals surface area contributed by atoms with Crippen molar-refractivity contribution in [3.8, 4) is 0 Å². The van der Waals surface area contributed by atoms with Crippen molar-refractivity contribution >= 4 is 11.5 Å². The lowest BCUT2D eigenvalue weighted by molar-refractivity contribution is 0.507. The summed E-state index contributed by atoms with van der Waals surface area (Å²) in [4.78, 5) is 0. The van der Waals surface area contributed by atoms with Gasteiger partial charge >= 0.3 is 0 Å². The molecule has 0 unspecified atom stereocenters. The Morgan fingerprint density at radius 1 is 1.30 bits per heavy atom. The molecule has 0 aliphatic rings. The molecule has 1 aromatic carbocycles. The summed E-state index contributed by atoms with van der Waals surface area (Å²) in [5, 5.41) is 7.48. The summed E-state index contributed by atoms with van der Waals surface area (Å²) in [6.45, 7) is 6.17. The van der Waals surface area contributed by atoms with E-state index in [1.165, 1.54) is 12.1 Å². The third kappa shape index (κ3) is 2.74. The number of halogens is 2. The summed E-state index contributed by atoms with van der Waals surface area (Å²) in [5.74, 6) is -1.01. The molecule has 0 radical (unpaired) electrons. The van der Waals surface area contributed by atoms with Gasteiger partial charge in [-0.25, -0.2) is 13.5 Å². The number of aryl methyl sites for hydroxylation is 1. The Morgan fingerprint density at radius 3 is 2.60 bits per heavy atom. The number of nitrogens with one attached hydrogen (secondary N) is 1. The number of nitrogens with two attached hydrogens (primary N) is 1. The van der Waals surface area contributed by atoms with Crippen LogP contribution >= 0.6 is 0 Å². The number of aromatic nitrogens is 2. The van der Waals surface area contributed by atoms with Gasteiger partial charge in [0.25, 0.3) is 0 Å². The molecule has 0 aliphatic carbocycles. The molecular weight excluding hydrogens is 262 g/mol. The number of hydrogen-bond donors (Lipinski definition) is 2. The van der Waals surface area contributed by atoms with Crippen molar-refractivity contribution in [1.82, 2.24) is 9.78 Å². The summed E-state index contributed by atoms with van der Waals surface area (Å²) >= 11 is 0. The van der Waals surface area contributed by atoms with Crippen molar-refractivity contribution in [2.75, 3.05) is 11.1 Å². The van der Waals surface area contributed by atoms with Crippen LogP contribution in [0.1, 0.15) is 31.1 Å². The second-order valence-corrected chi connectivity index (χ2v) is 4.99. The fourth-order valence-corrected chi connectivity index (χ4v) is 1.95. The first-order valence-electron chi connectivity index (χ1n) is 6.42. The van der Waals surface area contributed by atoms with Crippen LogP contribution in [0.3, 0.4) is 0 Å². The third-order valence-electron chi connectivity index (χ3n) is 3.06. The minimum absolute atomic E-state index is 0.151. The number of benzene rings is 1. The fourth-order valence-electron chi connectivity index (χ4n) is 1.95. The lowest BCUT2D eigenvalue weighted by Crippen LogP contribution is -2.11. The van der Waals surface area contributed by atoms with Gasteiger partial charge in [-0.3, -0.25) is 0 Å². The van der Waals surface area contributed by atoms with Gasteiger partial charge in [-0.2, -0.15) is 5.10 Å². The highest BCUT2D eigenvalue weighted by molar-refractivity contribution is 5.65. The highest BCUT2D eigenvalue weighted by atomic mass is 19.2. The van der Waals surface area contributed by atoms with Gasteiger partial charge in [-0.1, -0.05) is 6.07 Å². The van der Waals surface area contributed by atoms with Crippen molar-refractivity contribution in [3.05, 3.63) is 41.1 Å². The highest BCUT2D eigenvalue weighted by Gasteiger charge is 2.14. The molecule has 0 amide bonds. The van der Waals surface area contributed by atoms with Crippen LogP contribution < -0.4 is 11.1 Å². The average molecular weight is 280 g/mol.